The van der Waals surface area contributed by atoms with Crippen molar-refractivity contribution < 1.29 is 73.8 Å². The van der Waals surface area contributed by atoms with Crippen molar-refractivity contribution in [3.05, 3.63) is 0 Å². The smallest absolute Gasteiger partial charge is 0.217 e. The Balaban J connectivity index is 1.87. The minimum Gasteiger partial charge on any atom is -0.394 e. The number of carbonyl (C=O) groups is 2. The lowest BCUT2D eigenvalue weighted by Crippen LogP contribution is -2.69. The van der Waals surface area contributed by atoms with Crippen LogP contribution < -0.4 is 10.6 Å². The number of hydrogen-bond donors (Lipinski definition) is 9. The summed E-state index contributed by atoms with van der Waals surface area (Å²) in [5.74, 6) is -1.14. The van der Waals surface area contributed by atoms with E-state index in [1.807, 2.05) is 0 Å². The second-order valence-electron chi connectivity index (χ2n) is 10.0. The third kappa shape index (κ3) is 7.24. The molecule has 0 saturated carbocycles. The highest BCUT2D eigenvalue weighted by molar-refractivity contribution is 5.73. The summed E-state index contributed by atoms with van der Waals surface area (Å²) in [6.07, 6.45) is -18.5. The van der Waals surface area contributed by atoms with Gasteiger partial charge in [0.25, 0.3) is 0 Å². The summed E-state index contributed by atoms with van der Waals surface area (Å²) in [6, 6.07) is -2.53. The molecule has 0 bridgehead atoms. The van der Waals surface area contributed by atoms with Crippen LogP contribution in [0.3, 0.4) is 0 Å². The number of amides is 2. The first-order chi connectivity index (χ1) is 18.8. The summed E-state index contributed by atoms with van der Waals surface area (Å²) in [4.78, 5) is 23.7. The summed E-state index contributed by atoms with van der Waals surface area (Å²) in [5, 5.41) is 77.1. The Labute approximate surface area is 229 Å². The van der Waals surface area contributed by atoms with Gasteiger partial charge in [-0.25, -0.2) is 0 Å². The van der Waals surface area contributed by atoms with E-state index in [1.54, 1.807) is 0 Å². The SMILES string of the molecule is CO[C@@H]1O[C@H](CO[C@@H]2O[C@H](C)[C@H](O)[C@H](O)[C@@H]2O)[C@H](O[C@@H]2O[C@H](CO)[C@H](O)[C@H](O)[C@@H]2NC(C)=O)[C@@H](O)[C@@H]1NC(C)=O. The molecule has 17 heteroatoms. The summed E-state index contributed by atoms with van der Waals surface area (Å²) in [5.41, 5.74) is 0. The quantitative estimate of drug-likeness (QED) is 0.122. The van der Waals surface area contributed by atoms with Gasteiger partial charge in [-0.2, -0.15) is 0 Å². The highest BCUT2D eigenvalue weighted by Gasteiger charge is 2.52. The number of methoxy groups -OCH3 is 1. The zero-order valence-corrected chi connectivity index (χ0v) is 22.5. The lowest BCUT2D eigenvalue weighted by atomic mass is 9.94. The van der Waals surface area contributed by atoms with Gasteiger partial charge in [0.2, 0.25) is 11.8 Å². The molecule has 17 nitrogen and oxygen atoms in total. The standard InChI is InChI=1S/C23H40N2O15/c1-7-14(29)18(33)19(34)23(37-7)36-6-11-20(17(32)13(25-9(3)28)21(35-4)39-11)40-22-12(24-8(2)27)16(31)15(30)10(5-26)38-22/h7,10-23,26,29-34H,5-6H2,1-4H3,(H,24,27)(H,25,28)/t7-,10-,11-,12+,13+,14+,15+,16-,17+,18+,19+,20+,21-,22+,23-/m1/s1. The van der Waals surface area contributed by atoms with Crippen LogP contribution in [0.1, 0.15) is 20.8 Å². The van der Waals surface area contributed by atoms with E-state index in [0.717, 1.165) is 6.92 Å². The van der Waals surface area contributed by atoms with Crippen LogP contribution in [0.15, 0.2) is 0 Å². The molecule has 0 aliphatic carbocycles. The van der Waals surface area contributed by atoms with Crippen molar-refractivity contribution in [2.45, 2.75) is 113 Å². The molecule has 3 heterocycles. The molecule has 0 radical (unpaired) electrons. The zero-order chi connectivity index (χ0) is 29.9. The van der Waals surface area contributed by atoms with Crippen LogP contribution in [-0.2, 0) is 38.0 Å². The largest absolute Gasteiger partial charge is 0.394 e. The molecule has 3 rings (SSSR count). The fourth-order valence-corrected chi connectivity index (χ4v) is 4.89. The maximum Gasteiger partial charge on any atom is 0.217 e. The lowest BCUT2D eigenvalue weighted by Gasteiger charge is -2.48. The Bertz CT molecular complexity index is 853. The highest BCUT2D eigenvalue weighted by atomic mass is 16.7. The molecule has 232 valence electrons. The van der Waals surface area contributed by atoms with Crippen LogP contribution in [0, 0.1) is 0 Å². The van der Waals surface area contributed by atoms with E-state index in [1.165, 1.54) is 21.0 Å². The third-order valence-corrected chi connectivity index (χ3v) is 7.05. The van der Waals surface area contributed by atoms with E-state index in [2.05, 4.69) is 10.6 Å². The lowest BCUT2D eigenvalue weighted by molar-refractivity contribution is -0.342. The van der Waals surface area contributed by atoms with Crippen molar-refractivity contribution in [2.24, 2.45) is 0 Å². The fraction of sp³-hybridized carbons (Fsp3) is 0.913. The maximum atomic E-state index is 11.8. The van der Waals surface area contributed by atoms with Gasteiger partial charge in [0.05, 0.1) is 19.3 Å². The van der Waals surface area contributed by atoms with E-state index in [-0.39, 0.29) is 0 Å². The van der Waals surface area contributed by atoms with Crippen molar-refractivity contribution in [2.75, 3.05) is 20.3 Å². The summed E-state index contributed by atoms with van der Waals surface area (Å²) >= 11 is 0. The first-order valence-electron chi connectivity index (χ1n) is 12.8. The van der Waals surface area contributed by atoms with Gasteiger partial charge in [-0.15, -0.1) is 0 Å². The average molecular weight is 585 g/mol. The Morgan fingerprint density at radius 2 is 1.30 bits per heavy atom. The van der Waals surface area contributed by atoms with Crippen molar-refractivity contribution in [1.29, 1.82) is 0 Å². The Hall–Kier alpha value is -1.58. The molecule has 0 aromatic heterocycles. The van der Waals surface area contributed by atoms with E-state index in [9.17, 15) is 45.3 Å². The summed E-state index contributed by atoms with van der Waals surface area (Å²) in [6.45, 7) is 2.64. The molecule has 0 aromatic rings. The van der Waals surface area contributed by atoms with Crippen LogP contribution in [-0.4, -0.2) is 160 Å². The molecule has 3 aliphatic rings. The molecule has 0 spiro atoms. The van der Waals surface area contributed by atoms with Crippen molar-refractivity contribution in [3.63, 3.8) is 0 Å². The van der Waals surface area contributed by atoms with Gasteiger partial charge in [-0.05, 0) is 6.92 Å². The van der Waals surface area contributed by atoms with Crippen molar-refractivity contribution in [1.82, 2.24) is 10.6 Å². The van der Waals surface area contributed by atoms with Gasteiger partial charge in [0.15, 0.2) is 18.9 Å². The number of rotatable bonds is 9. The predicted octanol–water partition coefficient (Wildman–Crippen LogP) is -5.60. The molecule has 9 N–H and O–H groups in total. The van der Waals surface area contributed by atoms with Gasteiger partial charge < -0.3 is 74.8 Å². The Morgan fingerprint density at radius 1 is 0.725 bits per heavy atom. The average Bonchev–Trinajstić information content (AvgIpc) is 2.90. The first kappa shape index (κ1) is 32.9. The number of carbonyl (C=O) groups excluding carboxylic acids is 2. The van der Waals surface area contributed by atoms with Gasteiger partial charge in [-0.1, -0.05) is 0 Å². The minimum atomic E-state index is -1.64. The zero-order valence-electron chi connectivity index (χ0n) is 22.5. The topological polar surface area (TPSA) is 255 Å². The first-order valence-corrected chi connectivity index (χ1v) is 12.8. The van der Waals surface area contributed by atoms with Crippen molar-refractivity contribution in [3.8, 4) is 0 Å². The van der Waals surface area contributed by atoms with E-state index in [0.29, 0.717) is 0 Å². The minimum absolute atomic E-state index is 0.461. The summed E-state index contributed by atoms with van der Waals surface area (Å²) in [7, 11) is 1.26. The second-order valence-corrected chi connectivity index (χ2v) is 10.0. The molecule has 3 aliphatic heterocycles. The second kappa shape index (κ2) is 14.1. The number of nitrogens with one attached hydrogen (secondary N) is 2. The van der Waals surface area contributed by atoms with Gasteiger partial charge in [0.1, 0.15) is 67.0 Å². The number of aliphatic hydroxyl groups excluding tert-OH is 7. The molecule has 15 atom stereocenters. The molecule has 2 amide bonds. The fourth-order valence-electron chi connectivity index (χ4n) is 4.89. The Morgan fingerprint density at radius 3 is 1.85 bits per heavy atom. The van der Waals surface area contributed by atoms with E-state index >= 15 is 0 Å². The highest BCUT2D eigenvalue weighted by Crippen LogP contribution is 2.31. The molecule has 3 fully saturated rings. The molecule has 3 saturated heterocycles. The van der Waals surface area contributed by atoms with Crippen LogP contribution >= 0.6 is 0 Å². The monoisotopic (exact) mass is 584 g/mol. The van der Waals surface area contributed by atoms with Crippen LogP contribution in [0.2, 0.25) is 0 Å². The van der Waals surface area contributed by atoms with E-state index < -0.39 is 117 Å². The van der Waals surface area contributed by atoms with Crippen molar-refractivity contribution >= 4 is 11.8 Å². The van der Waals surface area contributed by atoms with Crippen LogP contribution in [0.25, 0.3) is 0 Å². The molecular formula is C23H40N2O15. The molecule has 0 aromatic carbocycles. The van der Waals surface area contributed by atoms with Crippen LogP contribution in [0.5, 0.6) is 0 Å². The normalized spacial score (nSPS) is 46.0. The Kier molecular flexibility index (Phi) is 11.6. The number of aliphatic hydroxyl groups is 7. The van der Waals surface area contributed by atoms with Gasteiger partial charge in [-0.3, -0.25) is 9.59 Å². The summed E-state index contributed by atoms with van der Waals surface area (Å²) < 4.78 is 33.8. The predicted molar refractivity (Wildman–Crippen MR) is 128 cm³/mol. The van der Waals surface area contributed by atoms with Gasteiger partial charge in [0, 0.05) is 21.0 Å². The maximum absolute atomic E-state index is 11.8. The molecule has 40 heavy (non-hydrogen) atoms. The van der Waals surface area contributed by atoms with Gasteiger partial charge >= 0.3 is 0 Å². The molecule has 0 unspecified atom stereocenters. The number of ether oxygens (including phenoxy) is 6. The number of hydrogen-bond acceptors (Lipinski definition) is 15. The third-order valence-electron chi connectivity index (χ3n) is 7.05. The van der Waals surface area contributed by atoms with E-state index in [4.69, 9.17) is 28.4 Å². The van der Waals surface area contributed by atoms with Crippen LogP contribution in [0.4, 0.5) is 0 Å². The molecular weight excluding hydrogens is 544 g/mol.